The van der Waals surface area contributed by atoms with Crippen molar-refractivity contribution in [2.45, 2.75) is 44.7 Å². The average Bonchev–Trinajstić information content (AvgIpc) is 3.24. The van der Waals surface area contributed by atoms with Gasteiger partial charge in [0.05, 0.1) is 6.04 Å². The summed E-state index contributed by atoms with van der Waals surface area (Å²) in [6.45, 7) is 1.68. The van der Waals surface area contributed by atoms with Crippen LogP contribution in [-0.4, -0.2) is 36.9 Å². The van der Waals surface area contributed by atoms with E-state index in [2.05, 4.69) is 19.5 Å². The van der Waals surface area contributed by atoms with E-state index in [1.54, 1.807) is 12.3 Å². The van der Waals surface area contributed by atoms with Crippen molar-refractivity contribution in [2.24, 2.45) is 5.92 Å². The second kappa shape index (κ2) is 6.10. The van der Waals surface area contributed by atoms with E-state index in [4.69, 9.17) is 0 Å². The van der Waals surface area contributed by atoms with Crippen molar-refractivity contribution in [3.05, 3.63) is 42.5 Å². The molecule has 6 heteroatoms. The van der Waals surface area contributed by atoms with E-state index in [0.29, 0.717) is 11.6 Å². The summed E-state index contributed by atoms with van der Waals surface area (Å²) in [4.78, 5) is 27.7. The van der Waals surface area contributed by atoms with Crippen LogP contribution < -0.4 is 0 Å². The highest BCUT2D eigenvalue weighted by molar-refractivity contribution is 5.92. The van der Waals surface area contributed by atoms with Crippen molar-refractivity contribution in [1.29, 1.82) is 0 Å². The summed E-state index contributed by atoms with van der Waals surface area (Å²) in [5, 5.41) is 0. The fourth-order valence-corrected chi connectivity index (χ4v) is 4.00. The molecule has 0 N–H and O–H groups in total. The topological polar surface area (TPSA) is 63.9 Å². The molecule has 1 aliphatic heterocycles. The fraction of sp³-hybridized carbons (Fsp3) is 0.529. The van der Waals surface area contributed by atoms with Crippen LogP contribution in [0.15, 0.2) is 31.0 Å². The Morgan fingerprint density at radius 2 is 1.96 bits per heavy atom. The highest BCUT2D eigenvalue weighted by atomic mass is 16.2. The lowest BCUT2D eigenvalue weighted by Crippen LogP contribution is -2.39. The van der Waals surface area contributed by atoms with E-state index in [1.807, 2.05) is 17.3 Å². The van der Waals surface area contributed by atoms with Crippen LogP contribution >= 0.6 is 0 Å². The maximum atomic E-state index is 13.0. The summed E-state index contributed by atoms with van der Waals surface area (Å²) < 4.78 is 2.22. The Balaban J connectivity index is 1.72. The first-order chi connectivity index (χ1) is 11.3. The van der Waals surface area contributed by atoms with Gasteiger partial charge in [-0.05, 0) is 31.2 Å². The molecule has 1 saturated carbocycles. The zero-order chi connectivity index (χ0) is 15.6. The third-order valence-electron chi connectivity index (χ3n) is 5.05. The number of fused-ring (bicyclic) bond motifs is 1. The maximum absolute atomic E-state index is 13.0. The summed E-state index contributed by atoms with van der Waals surface area (Å²) in [6, 6.07) is 1.77. The molecular formula is C17H21N5O. The molecule has 3 heterocycles. The van der Waals surface area contributed by atoms with Gasteiger partial charge in [0.25, 0.3) is 5.91 Å². The summed E-state index contributed by atoms with van der Waals surface area (Å²) in [7, 11) is 0. The molecule has 1 fully saturated rings. The number of hydrogen-bond acceptors (Lipinski definition) is 4. The van der Waals surface area contributed by atoms with Gasteiger partial charge >= 0.3 is 0 Å². The van der Waals surface area contributed by atoms with Crippen LogP contribution in [0.25, 0.3) is 0 Å². The van der Waals surface area contributed by atoms with Crippen molar-refractivity contribution in [2.75, 3.05) is 6.54 Å². The molecule has 1 amide bonds. The van der Waals surface area contributed by atoms with Crippen molar-refractivity contribution >= 4 is 5.91 Å². The molecule has 0 spiro atoms. The zero-order valence-corrected chi connectivity index (χ0v) is 13.1. The molecule has 1 aliphatic carbocycles. The minimum absolute atomic E-state index is 0.000694. The van der Waals surface area contributed by atoms with Gasteiger partial charge < -0.3 is 9.47 Å². The van der Waals surface area contributed by atoms with E-state index < -0.39 is 0 Å². The van der Waals surface area contributed by atoms with E-state index in [1.165, 1.54) is 32.0 Å². The van der Waals surface area contributed by atoms with Gasteiger partial charge in [-0.2, -0.15) is 0 Å². The van der Waals surface area contributed by atoms with Crippen LogP contribution in [0, 0.1) is 5.92 Å². The third-order valence-corrected chi connectivity index (χ3v) is 5.05. The van der Waals surface area contributed by atoms with Crippen LogP contribution in [0.3, 0.4) is 0 Å². The summed E-state index contributed by atoms with van der Waals surface area (Å²) in [5.74, 6) is 1.54. The van der Waals surface area contributed by atoms with Crippen LogP contribution in [0.1, 0.15) is 54.5 Å². The first-order valence-corrected chi connectivity index (χ1v) is 8.42. The van der Waals surface area contributed by atoms with Gasteiger partial charge in [0.15, 0.2) is 0 Å². The molecule has 6 nitrogen and oxygen atoms in total. The van der Waals surface area contributed by atoms with E-state index >= 15 is 0 Å². The van der Waals surface area contributed by atoms with Gasteiger partial charge in [-0.15, -0.1) is 0 Å². The average molecular weight is 311 g/mol. The monoisotopic (exact) mass is 311 g/mol. The third kappa shape index (κ3) is 2.62. The fourth-order valence-electron chi connectivity index (χ4n) is 4.00. The Labute approximate surface area is 135 Å². The Hall–Kier alpha value is -2.24. The summed E-state index contributed by atoms with van der Waals surface area (Å²) >= 11 is 0. The van der Waals surface area contributed by atoms with E-state index in [0.717, 1.165) is 25.3 Å². The Bertz CT molecular complexity index is 677. The number of carbonyl (C=O) groups excluding carboxylic acids is 1. The highest BCUT2D eigenvalue weighted by Crippen LogP contribution is 2.40. The minimum Gasteiger partial charge on any atom is -0.333 e. The number of aromatic nitrogens is 4. The van der Waals surface area contributed by atoms with Gasteiger partial charge in [0.2, 0.25) is 0 Å². The number of hydrogen-bond donors (Lipinski definition) is 0. The first kappa shape index (κ1) is 14.4. The number of rotatable bonds is 2. The standard InChI is InChI=1S/C17H21N5O/c23-17(14-6-7-18-12-20-14)22-10-3-9-21-11-8-19-16(21)15(22)13-4-1-2-5-13/h6-8,11-13,15H,1-5,9-10H2. The zero-order valence-electron chi connectivity index (χ0n) is 13.1. The predicted octanol–water partition coefficient (Wildman–Crippen LogP) is 2.45. The molecular weight excluding hydrogens is 290 g/mol. The maximum Gasteiger partial charge on any atom is 0.273 e. The molecule has 2 aliphatic rings. The summed E-state index contributed by atoms with van der Waals surface area (Å²) in [5.41, 5.74) is 0.475. The lowest BCUT2D eigenvalue weighted by molar-refractivity contribution is 0.0597. The molecule has 0 radical (unpaired) electrons. The van der Waals surface area contributed by atoms with Crippen LogP contribution in [0.5, 0.6) is 0 Å². The van der Waals surface area contributed by atoms with Crippen molar-refractivity contribution in [3.8, 4) is 0 Å². The quantitative estimate of drug-likeness (QED) is 0.854. The lowest BCUT2D eigenvalue weighted by Gasteiger charge is -2.33. The highest BCUT2D eigenvalue weighted by Gasteiger charge is 2.38. The smallest absolute Gasteiger partial charge is 0.273 e. The summed E-state index contributed by atoms with van der Waals surface area (Å²) in [6.07, 6.45) is 12.8. The molecule has 0 aromatic carbocycles. The molecule has 4 rings (SSSR count). The van der Waals surface area contributed by atoms with Crippen molar-refractivity contribution in [1.82, 2.24) is 24.4 Å². The molecule has 0 bridgehead atoms. The van der Waals surface area contributed by atoms with Gasteiger partial charge in [-0.3, -0.25) is 4.79 Å². The molecule has 2 aromatic rings. The van der Waals surface area contributed by atoms with E-state index in [-0.39, 0.29) is 11.9 Å². The van der Waals surface area contributed by atoms with Crippen LogP contribution in [0.4, 0.5) is 0 Å². The van der Waals surface area contributed by atoms with Crippen LogP contribution in [-0.2, 0) is 6.54 Å². The molecule has 1 unspecified atom stereocenters. The van der Waals surface area contributed by atoms with Crippen molar-refractivity contribution < 1.29 is 4.79 Å². The normalized spacial score (nSPS) is 21.9. The number of amides is 1. The second-order valence-corrected chi connectivity index (χ2v) is 6.41. The number of imidazole rings is 1. The predicted molar refractivity (Wildman–Crippen MR) is 84.6 cm³/mol. The van der Waals surface area contributed by atoms with Gasteiger partial charge in [-0.1, -0.05) is 12.8 Å². The van der Waals surface area contributed by atoms with Crippen molar-refractivity contribution in [3.63, 3.8) is 0 Å². The Kier molecular flexibility index (Phi) is 3.81. The Morgan fingerprint density at radius 1 is 1.09 bits per heavy atom. The number of carbonyl (C=O) groups is 1. The van der Waals surface area contributed by atoms with Gasteiger partial charge in [0.1, 0.15) is 17.8 Å². The van der Waals surface area contributed by atoms with Gasteiger partial charge in [0, 0.05) is 31.7 Å². The molecule has 0 saturated heterocycles. The van der Waals surface area contributed by atoms with Gasteiger partial charge in [-0.25, -0.2) is 15.0 Å². The molecule has 23 heavy (non-hydrogen) atoms. The lowest BCUT2D eigenvalue weighted by atomic mass is 9.95. The van der Waals surface area contributed by atoms with Crippen LogP contribution in [0.2, 0.25) is 0 Å². The number of nitrogens with zero attached hydrogens (tertiary/aromatic N) is 5. The number of aryl methyl sites for hydroxylation is 1. The largest absolute Gasteiger partial charge is 0.333 e. The first-order valence-electron chi connectivity index (χ1n) is 8.42. The molecule has 120 valence electrons. The SMILES string of the molecule is O=C(c1ccncn1)N1CCCn2ccnc2C1C1CCCC1. The minimum atomic E-state index is 0.000694. The second-order valence-electron chi connectivity index (χ2n) is 6.41. The molecule has 2 aromatic heterocycles. The molecule has 1 atom stereocenters. The van der Waals surface area contributed by atoms with E-state index in [9.17, 15) is 4.79 Å². The Morgan fingerprint density at radius 3 is 2.74 bits per heavy atom.